The molecule has 0 unspecified atom stereocenters. The van der Waals surface area contributed by atoms with E-state index in [0.717, 1.165) is 5.56 Å². The molecule has 3 N–H and O–H groups in total. The summed E-state index contributed by atoms with van der Waals surface area (Å²) in [5.41, 5.74) is 1.17. The number of hydrogen-bond donors (Lipinski definition) is 3. The maximum Gasteiger partial charge on any atom is 0.261 e. The van der Waals surface area contributed by atoms with Crippen molar-refractivity contribution in [1.29, 1.82) is 0 Å². The third-order valence-corrected chi connectivity index (χ3v) is 7.88. The molecule has 3 rings (SSSR count). The highest BCUT2D eigenvalue weighted by molar-refractivity contribution is 7.92. The van der Waals surface area contributed by atoms with Gasteiger partial charge in [0.1, 0.15) is 0 Å². The average Bonchev–Trinajstić information content (AvgIpc) is 3.04. The molecule has 1 heterocycles. The van der Waals surface area contributed by atoms with E-state index in [1.807, 2.05) is 0 Å². The summed E-state index contributed by atoms with van der Waals surface area (Å²) in [6.07, 6.45) is 0.359. The number of rotatable bonds is 7. The van der Waals surface area contributed by atoms with Crippen molar-refractivity contribution in [2.24, 2.45) is 0 Å². The fourth-order valence-electron chi connectivity index (χ4n) is 3.13. The summed E-state index contributed by atoms with van der Waals surface area (Å²) >= 11 is 0. The van der Waals surface area contributed by atoms with Crippen LogP contribution in [0.25, 0.3) is 0 Å². The number of nitrogens with one attached hydrogen (secondary N) is 3. The number of carbonyl (C=O) groups is 2. The molecule has 166 valence electrons. The van der Waals surface area contributed by atoms with Gasteiger partial charge in [-0.2, -0.15) is 0 Å². The van der Waals surface area contributed by atoms with Gasteiger partial charge in [0.25, 0.3) is 15.9 Å². The molecular weight excluding hydrogens is 442 g/mol. The lowest BCUT2D eigenvalue weighted by molar-refractivity contribution is -0.119. The van der Waals surface area contributed by atoms with Gasteiger partial charge >= 0.3 is 0 Å². The summed E-state index contributed by atoms with van der Waals surface area (Å²) in [7, 11) is -7.01. The van der Waals surface area contributed by atoms with Crippen LogP contribution in [0, 0.1) is 0 Å². The zero-order chi connectivity index (χ0) is 22.6. The lowest BCUT2D eigenvalue weighted by Crippen LogP contribution is -2.35. The highest BCUT2D eigenvalue weighted by Gasteiger charge is 2.29. The number of hydrogen-bond acceptors (Lipinski definition) is 6. The molecule has 2 aromatic rings. The summed E-state index contributed by atoms with van der Waals surface area (Å²) in [4.78, 5) is 23.4. The van der Waals surface area contributed by atoms with Crippen molar-refractivity contribution in [2.75, 3.05) is 16.2 Å². The van der Waals surface area contributed by atoms with Gasteiger partial charge in [0.2, 0.25) is 5.91 Å². The molecule has 0 saturated carbocycles. The number of anilines is 1. The van der Waals surface area contributed by atoms with Gasteiger partial charge < -0.3 is 10.6 Å². The van der Waals surface area contributed by atoms with E-state index in [1.54, 1.807) is 12.1 Å². The maximum absolute atomic E-state index is 12.7. The zero-order valence-corrected chi connectivity index (χ0v) is 18.4. The van der Waals surface area contributed by atoms with Crippen LogP contribution < -0.4 is 15.4 Å². The second-order valence-corrected chi connectivity index (χ2v) is 11.2. The smallest absolute Gasteiger partial charge is 0.261 e. The van der Waals surface area contributed by atoms with Gasteiger partial charge in [0.15, 0.2) is 9.84 Å². The van der Waals surface area contributed by atoms with Gasteiger partial charge in [-0.1, -0.05) is 18.2 Å². The van der Waals surface area contributed by atoms with Gasteiger partial charge in [-0.05, 0) is 42.3 Å². The summed E-state index contributed by atoms with van der Waals surface area (Å²) in [6, 6.07) is 11.6. The van der Waals surface area contributed by atoms with Crippen molar-refractivity contribution in [3.05, 3.63) is 59.7 Å². The molecule has 1 saturated heterocycles. The molecule has 2 aromatic carbocycles. The van der Waals surface area contributed by atoms with E-state index in [1.165, 1.54) is 43.3 Å². The SMILES string of the molecule is CC(=O)NCc1ccc(S(=O)(=O)Nc2cccc(C(=O)N[C@@H]3CCS(=O)(=O)C3)c2)cc1. The molecule has 2 amide bonds. The maximum atomic E-state index is 12.7. The Hall–Kier alpha value is -2.92. The monoisotopic (exact) mass is 465 g/mol. The highest BCUT2D eigenvalue weighted by Crippen LogP contribution is 2.19. The van der Waals surface area contributed by atoms with E-state index in [4.69, 9.17) is 0 Å². The standard InChI is InChI=1S/C20H23N3O6S2/c1-14(24)21-12-15-5-7-19(8-6-15)31(28,29)23-17-4-2-3-16(11-17)20(25)22-18-9-10-30(26,27)13-18/h2-8,11,18,23H,9-10,12-13H2,1H3,(H,21,24)(H,22,25)/t18-/m1/s1. The number of sulfonamides is 1. The highest BCUT2D eigenvalue weighted by atomic mass is 32.2. The lowest BCUT2D eigenvalue weighted by Gasteiger charge is -2.13. The Morgan fingerprint density at radius 2 is 1.81 bits per heavy atom. The van der Waals surface area contributed by atoms with E-state index in [9.17, 15) is 26.4 Å². The minimum Gasteiger partial charge on any atom is -0.352 e. The summed E-state index contributed by atoms with van der Waals surface area (Å²) in [6.45, 7) is 1.69. The van der Waals surface area contributed by atoms with E-state index in [0.29, 0.717) is 13.0 Å². The molecule has 11 heteroatoms. The Morgan fingerprint density at radius 1 is 1.10 bits per heavy atom. The van der Waals surface area contributed by atoms with Crippen molar-refractivity contribution in [2.45, 2.75) is 30.8 Å². The van der Waals surface area contributed by atoms with Gasteiger partial charge in [-0.15, -0.1) is 0 Å². The van der Waals surface area contributed by atoms with Gasteiger partial charge in [0, 0.05) is 30.8 Å². The van der Waals surface area contributed by atoms with E-state index < -0.39 is 31.8 Å². The van der Waals surface area contributed by atoms with E-state index >= 15 is 0 Å². The zero-order valence-electron chi connectivity index (χ0n) is 16.8. The number of carbonyl (C=O) groups excluding carboxylic acids is 2. The largest absolute Gasteiger partial charge is 0.352 e. The molecule has 1 atom stereocenters. The molecule has 1 aliphatic heterocycles. The predicted molar refractivity (Wildman–Crippen MR) is 116 cm³/mol. The molecule has 1 fully saturated rings. The van der Waals surface area contributed by atoms with E-state index in [-0.39, 0.29) is 33.6 Å². The first-order chi connectivity index (χ1) is 14.5. The number of benzene rings is 2. The van der Waals surface area contributed by atoms with Crippen molar-refractivity contribution < 1.29 is 26.4 Å². The second kappa shape index (κ2) is 9.06. The molecule has 0 aromatic heterocycles. The van der Waals surface area contributed by atoms with Gasteiger partial charge in [-0.25, -0.2) is 16.8 Å². The molecule has 31 heavy (non-hydrogen) atoms. The first kappa shape index (κ1) is 22.8. The van der Waals surface area contributed by atoms with Crippen LogP contribution in [0.1, 0.15) is 29.3 Å². The van der Waals surface area contributed by atoms with Crippen LogP contribution in [0.15, 0.2) is 53.4 Å². The summed E-state index contributed by atoms with van der Waals surface area (Å²) in [5, 5.41) is 5.30. The summed E-state index contributed by atoms with van der Waals surface area (Å²) in [5.74, 6) is -0.702. The fourth-order valence-corrected chi connectivity index (χ4v) is 5.85. The van der Waals surface area contributed by atoms with Crippen LogP contribution in [0.5, 0.6) is 0 Å². The van der Waals surface area contributed by atoms with Gasteiger partial charge in [-0.3, -0.25) is 14.3 Å². The van der Waals surface area contributed by atoms with Crippen LogP contribution in [-0.4, -0.2) is 46.2 Å². The first-order valence-corrected chi connectivity index (χ1v) is 12.8. The van der Waals surface area contributed by atoms with Crippen LogP contribution in [0.3, 0.4) is 0 Å². The molecule has 0 bridgehead atoms. The Kier molecular flexibility index (Phi) is 6.65. The Bertz CT molecular complexity index is 1190. The Labute approximate surface area is 181 Å². The van der Waals surface area contributed by atoms with Crippen LogP contribution >= 0.6 is 0 Å². The van der Waals surface area contributed by atoms with Crippen LogP contribution in [0.2, 0.25) is 0 Å². The molecular formula is C20H23N3O6S2. The minimum absolute atomic E-state index is 0.0325. The second-order valence-electron chi connectivity index (χ2n) is 7.31. The third kappa shape index (κ3) is 6.28. The Balaban J connectivity index is 1.68. The normalized spacial score (nSPS) is 17.6. The van der Waals surface area contributed by atoms with Crippen molar-refractivity contribution in [3.8, 4) is 0 Å². The summed E-state index contributed by atoms with van der Waals surface area (Å²) < 4.78 is 50.8. The van der Waals surface area contributed by atoms with Crippen LogP contribution in [-0.2, 0) is 31.2 Å². The van der Waals surface area contributed by atoms with Crippen molar-refractivity contribution in [3.63, 3.8) is 0 Å². The molecule has 0 aliphatic carbocycles. The molecule has 0 spiro atoms. The third-order valence-electron chi connectivity index (χ3n) is 4.72. The first-order valence-electron chi connectivity index (χ1n) is 9.52. The molecule has 9 nitrogen and oxygen atoms in total. The topological polar surface area (TPSA) is 139 Å². The van der Waals surface area contributed by atoms with Crippen molar-refractivity contribution >= 4 is 37.4 Å². The minimum atomic E-state index is -3.89. The predicted octanol–water partition coefficient (Wildman–Crippen LogP) is 1.04. The Morgan fingerprint density at radius 3 is 2.42 bits per heavy atom. The molecule has 1 aliphatic rings. The van der Waals surface area contributed by atoms with Crippen LogP contribution in [0.4, 0.5) is 5.69 Å². The van der Waals surface area contributed by atoms with Gasteiger partial charge in [0.05, 0.1) is 16.4 Å². The van der Waals surface area contributed by atoms with E-state index in [2.05, 4.69) is 15.4 Å². The quantitative estimate of drug-likeness (QED) is 0.558. The molecule has 0 radical (unpaired) electrons. The number of sulfone groups is 1. The number of amides is 2. The fraction of sp³-hybridized carbons (Fsp3) is 0.300. The average molecular weight is 466 g/mol. The van der Waals surface area contributed by atoms with Crippen molar-refractivity contribution in [1.82, 2.24) is 10.6 Å². The lowest BCUT2D eigenvalue weighted by atomic mass is 10.1.